The number of fused-ring (bicyclic) bond motifs is 1. The predicted molar refractivity (Wildman–Crippen MR) is 101 cm³/mol. The Morgan fingerprint density at radius 2 is 2.08 bits per heavy atom. The Bertz CT molecular complexity index is 863. The summed E-state index contributed by atoms with van der Waals surface area (Å²) in [6.45, 7) is 5.05. The number of carbonyl (C=O) groups excluding carboxylic acids is 1. The number of hydrogen-bond acceptors (Lipinski definition) is 6. The van der Waals surface area contributed by atoms with E-state index in [9.17, 15) is 19.8 Å². The summed E-state index contributed by atoms with van der Waals surface area (Å²) in [6.07, 6.45) is 1.31. The lowest BCUT2D eigenvalue weighted by atomic mass is 9.97. The van der Waals surface area contributed by atoms with Crippen molar-refractivity contribution in [1.82, 2.24) is 4.90 Å². The van der Waals surface area contributed by atoms with Gasteiger partial charge in [-0.05, 0) is 43.4 Å². The van der Waals surface area contributed by atoms with Gasteiger partial charge in [-0.1, -0.05) is 6.92 Å². The molecule has 2 unspecified atom stereocenters. The lowest BCUT2D eigenvalue weighted by Crippen LogP contribution is -2.42. The Balaban J connectivity index is 0.00000243. The van der Waals surface area contributed by atoms with Crippen molar-refractivity contribution in [2.24, 2.45) is 5.92 Å². The van der Waals surface area contributed by atoms with Crippen LogP contribution >= 0.6 is 12.4 Å². The highest BCUT2D eigenvalue weighted by Crippen LogP contribution is 2.24. The summed E-state index contributed by atoms with van der Waals surface area (Å²) >= 11 is 0. The van der Waals surface area contributed by atoms with Crippen LogP contribution in [0.4, 0.5) is 0 Å². The Labute approximate surface area is 157 Å². The smallest absolute Gasteiger partial charge is 0.347 e. The van der Waals surface area contributed by atoms with Crippen LogP contribution in [0.15, 0.2) is 27.4 Å². The molecule has 6 nitrogen and oxygen atoms in total. The van der Waals surface area contributed by atoms with Gasteiger partial charge in [-0.2, -0.15) is 0 Å². The van der Waals surface area contributed by atoms with Crippen LogP contribution < -0.4 is 5.63 Å². The van der Waals surface area contributed by atoms with E-state index in [2.05, 4.69) is 6.92 Å². The molecular formula is C19H24ClNO5. The molecule has 1 aromatic carbocycles. The number of nitrogens with zero attached hydrogens (tertiary/aromatic N) is 1. The maximum Gasteiger partial charge on any atom is 0.347 e. The van der Waals surface area contributed by atoms with Gasteiger partial charge in [0.25, 0.3) is 0 Å². The molecule has 1 saturated heterocycles. The van der Waals surface area contributed by atoms with Gasteiger partial charge in [-0.15, -0.1) is 12.4 Å². The van der Waals surface area contributed by atoms with Crippen LogP contribution in [0, 0.1) is 12.8 Å². The summed E-state index contributed by atoms with van der Waals surface area (Å²) in [5.74, 6) is 0.198. The lowest BCUT2D eigenvalue weighted by Gasteiger charge is -2.34. The monoisotopic (exact) mass is 381 g/mol. The van der Waals surface area contributed by atoms with Crippen LogP contribution in [0.3, 0.4) is 0 Å². The Kier molecular flexibility index (Phi) is 6.44. The summed E-state index contributed by atoms with van der Waals surface area (Å²) in [6, 6.07) is 4.46. The number of ketones is 1. The summed E-state index contributed by atoms with van der Waals surface area (Å²) < 4.78 is 5.20. The normalized spacial score (nSPS) is 20.7. The number of Topliss-reactive ketones (excluding diaryl/α,β-unsaturated/α-hetero) is 1. The molecule has 0 saturated carbocycles. The number of hydrogen-bond donors (Lipinski definition) is 2. The molecule has 0 radical (unpaired) electrons. The summed E-state index contributed by atoms with van der Waals surface area (Å²) in [5, 5.41) is 20.3. The number of benzene rings is 1. The minimum atomic E-state index is -0.699. The fourth-order valence-electron chi connectivity index (χ4n) is 3.37. The second kappa shape index (κ2) is 8.20. The maximum atomic E-state index is 12.5. The number of carbonyl (C=O) groups is 1. The highest BCUT2D eigenvalue weighted by molar-refractivity contribution is 5.98. The number of aliphatic hydroxyl groups is 1. The number of phenols is 1. The largest absolute Gasteiger partial charge is 0.508 e. The SMILES string of the molecule is Cc1cc(O)cc2oc(=O)c(C(=O)CCN3CCC(C)CC3O)cc12.Cl. The number of halogens is 1. The topological polar surface area (TPSA) is 91.0 Å². The number of likely N-dealkylation sites (tertiary alicyclic amines) is 1. The van der Waals surface area contributed by atoms with Crippen molar-refractivity contribution in [3.8, 4) is 5.75 Å². The number of aromatic hydroxyl groups is 1. The second-order valence-electron chi connectivity index (χ2n) is 6.94. The summed E-state index contributed by atoms with van der Waals surface area (Å²) in [5.41, 5.74) is 0.309. The minimum Gasteiger partial charge on any atom is -0.508 e. The molecule has 2 heterocycles. The van der Waals surface area contributed by atoms with E-state index in [1.54, 1.807) is 13.0 Å². The van der Waals surface area contributed by atoms with Crippen molar-refractivity contribution < 1.29 is 19.4 Å². The quantitative estimate of drug-likeness (QED) is 0.625. The first-order chi connectivity index (χ1) is 11.8. The van der Waals surface area contributed by atoms with Gasteiger partial charge < -0.3 is 14.6 Å². The molecule has 1 aromatic heterocycles. The highest BCUT2D eigenvalue weighted by atomic mass is 35.5. The van der Waals surface area contributed by atoms with Crippen molar-refractivity contribution in [2.45, 2.75) is 39.3 Å². The summed E-state index contributed by atoms with van der Waals surface area (Å²) in [4.78, 5) is 26.5. The van der Waals surface area contributed by atoms with Crippen molar-refractivity contribution in [3.63, 3.8) is 0 Å². The third kappa shape index (κ3) is 4.26. The molecule has 2 atom stereocenters. The summed E-state index contributed by atoms with van der Waals surface area (Å²) in [7, 11) is 0. The first kappa shape index (κ1) is 20.4. The third-order valence-electron chi connectivity index (χ3n) is 4.92. The standard InChI is InChI=1S/C19H23NO5.ClH/c1-11-3-5-20(18(23)7-11)6-4-16(22)15-10-14-12(2)8-13(21)9-17(14)25-19(15)24;/h8-11,18,21,23H,3-7H2,1-2H3;1H. The molecule has 0 aliphatic carbocycles. The Morgan fingerprint density at radius 3 is 2.77 bits per heavy atom. The van der Waals surface area contributed by atoms with E-state index in [1.807, 2.05) is 4.90 Å². The van der Waals surface area contributed by atoms with Crippen LogP contribution in [-0.4, -0.2) is 40.2 Å². The lowest BCUT2D eigenvalue weighted by molar-refractivity contribution is -0.0387. The zero-order valence-corrected chi connectivity index (χ0v) is 15.7. The molecule has 1 fully saturated rings. The van der Waals surface area contributed by atoms with Gasteiger partial charge in [0.15, 0.2) is 5.78 Å². The van der Waals surface area contributed by atoms with Crippen LogP contribution in [0.2, 0.25) is 0 Å². The average molecular weight is 382 g/mol. The van der Waals surface area contributed by atoms with Crippen molar-refractivity contribution in [2.75, 3.05) is 13.1 Å². The van der Waals surface area contributed by atoms with Gasteiger partial charge in [-0.3, -0.25) is 9.69 Å². The zero-order chi connectivity index (χ0) is 18.1. The first-order valence-electron chi connectivity index (χ1n) is 8.58. The number of phenolic OH excluding ortho intramolecular Hbond substituents is 1. The number of rotatable bonds is 4. The van der Waals surface area contributed by atoms with Crippen molar-refractivity contribution in [3.05, 3.63) is 39.7 Å². The zero-order valence-electron chi connectivity index (χ0n) is 14.9. The predicted octanol–water partition coefficient (Wildman–Crippen LogP) is 2.85. The minimum absolute atomic E-state index is 0. The van der Waals surface area contributed by atoms with Crippen LogP contribution in [0.1, 0.15) is 42.1 Å². The van der Waals surface area contributed by atoms with E-state index in [0.717, 1.165) is 18.5 Å². The second-order valence-corrected chi connectivity index (χ2v) is 6.94. The Hall–Kier alpha value is -1.89. The van der Waals surface area contributed by atoms with E-state index >= 15 is 0 Å². The molecule has 1 aliphatic rings. The van der Waals surface area contributed by atoms with Gasteiger partial charge in [-0.25, -0.2) is 4.79 Å². The molecule has 2 aromatic rings. The van der Waals surface area contributed by atoms with E-state index in [0.29, 0.717) is 24.3 Å². The molecule has 0 spiro atoms. The molecule has 7 heteroatoms. The fraction of sp³-hybridized carbons (Fsp3) is 0.474. The van der Waals surface area contributed by atoms with Crippen LogP contribution in [0.25, 0.3) is 11.0 Å². The molecule has 3 rings (SSSR count). The Morgan fingerprint density at radius 1 is 1.35 bits per heavy atom. The molecule has 142 valence electrons. The maximum absolute atomic E-state index is 12.5. The molecule has 0 bridgehead atoms. The molecule has 0 amide bonds. The van der Waals surface area contributed by atoms with Gasteiger partial charge in [0.1, 0.15) is 23.1 Å². The average Bonchev–Trinajstić information content (AvgIpc) is 2.53. The van der Waals surface area contributed by atoms with Gasteiger partial charge in [0.05, 0.1) is 0 Å². The fourth-order valence-corrected chi connectivity index (χ4v) is 3.37. The number of aliphatic hydroxyl groups excluding tert-OH is 1. The van der Waals surface area contributed by atoms with Gasteiger partial charge in [0, 0.05) is 31.0 Å². The van der Waals surface area contributed by atoms with Gasteiger partial charge in [0.2, 0.25) is 0 Å². The van der Waals surface area contributed by atoms with Crippen LogP contribution in [0.5, 0.6) is 5.75 Å². The molecular weight excluding hydrogens is 358 g/mol. The molecule has 26 heavy (non-hydrogen) atoms. The van der Waals surface area contributed by atoms with Crippen molar-refractivity contribution >= 4 is 29.2 Å². The van der Waals surface area contributed by atoms with Crippen LogP contribution in [-0.2, 0) is 0 Å². The third-order valence-corrected chi connectivity index (χ3v) is 4.92. The van der Waals surface area contributed by atoms with E-state index in [-0.39, 0.29) is 41.5 Å². The first-order valence-corrected chi connectivity index (χ1v) is 8.58. The van der Waals surface area contributed by atoms with Crippen molar-refractivity contribution in [1.29, 1.82) is 0 Å². The van der Waals surface area contributed by atoms with E-state index < -0.39 is 11.9 Å². The molecule has 1 aliphatic heterocycles. The van der Waals surface area contributed by atoms with E-state index in [4.69, 9.17) is 4.42 Å². The van der Waals surface area contributed by atoms with Gasteiger partial charge >= 0.3 is 5.63 Å². The number of piperidine rings is 1. The van der Waals surface area contributed by atoms with E-state index in [1.165, 1.54) is 12.1 Å². The number of aryl methyl sites for hydroxylation is 1. The highest BCUT2D eigenvalue weighted by Gasteiger charge is 2.25. The molecule has 2 N–H and O–H groups in total.